The van der Waals surface area contributed by atoms with Gasteiger partial charge in [0, 0.05) is 18.7 Å². The Labute approximate surface area is 146 Å². The van der Waals surface area contributed by atoms with E-state index in [2.05, 4.69) is 5.32 Å². The number of nitrogens with zero attached hydrogens (tertiary/aromatic N) is 1. The predicted octanol–water partition coefficient (Wildman–Crippen LogP) is 2.94. The van der Waals surface area contributed by atoms with E-state index < -0.39 is 10.0 Å². The first-order valence-corrected chi connectivity index (χ1v) is 9.70. The normalized spacial score (nSPS) is 16.0. The van der Waals surface area contributed by atoms with Crippen LogP contribution in [0.2, 0.25) is 0 Å². The number of sulfonamides is 1. The highest BCUT2D eigenvalue weighted by Crippen LogP contribution is 2.25. The molecule has 5 nitrogen and oxygen atoms in total. The Morgan fingerprint density at radius 2 is 1.92 bits per heavy atom. The second-order valence-electron chi connectivity index (χ2n) is 5.97. The highest BCUT2D eigenvalue weighted by molar-refractivity contribution is 7.93. The molecule has 0 aromatic heterocycles. The molecule has 2 aromatic rings. The van der Waals surface area contributed by atoms with Gasteiger partial charge in [0.05, 0.1) is 11.4 Å². The summed E-state index contributed by atoms with van der Waals surface area (Å²) in [4.78, 5) is 12.0. The van der Waals surface area contributed by atoms with Crippen LogP contribution in [0.25, 0.3) is 0 Å². The van der Waals surface area contributed by atoms with E-state index in [4.69, 9.17) is 0 Å². The second-order valence-corrected chi connectivity index (χ2v) is 7.98. The molecular formula is C18H19FN2O3S. The van der Waals surface area contributed by atoms with Crippen molar-refractivity contribution >= 4 is 27.3 Å². The number of amides is 1. The van der Waals surface area contributed by atoms with E-state index in [-0.39, 0.29) is 23.9 Å². The van der Waals surface area contributed by atoms with Crippen molar-refractivity contribution in [2.24, 2.45) is 0 Å². The molecule has 1 amide bonds. The number of rotatable bonds is 5. The maximum atomic E-state index is 13.1. The summed E-state index contributed by atoms with van der Waals surface area (Å²) in [5.74, 6) is -0.317. The molecule has 7 heteroatoms. The van der Waals surface area contributed by atoms with Gasteiger partial charge < -0.3 is 5.32 Å². The van der Waals surface area contributed by atoms with Gasteiger partial charge in [-0.15, -0.1) is 0 Å². The lowest BCUT2D eigenvalue weighted by Gasteiger charge is -2.17. The molecule has 1 fully saturated rings. The molecule has 1 aliphatic rings. The molecule has 0 spiro atoms. The third-order valence-electron chi connectivity index (χ3n) is 4.07. The highest BCUT2D eigenvalue weighted by atomic mass is 32.2. The fourth-order valence-corrected chi connectivity index (χ4v) is 4.38. The summed E-state index contributed by atoms with van der Waals surface area (Å²) in [6.45, 7) is 0.488. The number of halogens is 1. The quantitative estimate of drug-likeness (QED) is 0.889. The van der Waals surface area contributed by atoms with Crippen molar-refractivity contribution in [3.05, 3.63) is 59.9 Å². The third kappa shape index (κ3) is 4.36. The van der Waals surface area contributed by atoms with Crippen LogP contribution in [-0.4, -0.2) is 26.6 Å². The molecule has 0 bridgehead atoms. The smallest absolute Gasteiger partial charge is 0.235 e. The van der Waals surface area contributed by atoms with Crippen LogP contribution in [0.15, 0.2) is 48.5 Å². The van der Waals surface area contributed by atoms with Crippen molar-refractivity contribution in [2.75, 3.05) is 21.9 Å². The largest absolute Gasteiger partial charge is 0.326 e. The predicted molar refractivity (Wildman–Crippen MR) is 95.5 cm³/mol. The summed E-state index contributed by atoms with van der Waals surface area (Å²) in [6.07, 6.45) is 1.32. The molecular weight excluding hydrogens is 343 g/mol. The van der Waals surface area contributed by atoms with E-state index in [1.807, 2.05) is 0 Å². The second kappa shape index (κ2) is 7.23. The Balaban J connectivity index is 1.57. The number of carbonyl (C=O) groups excluding carboxylic acids is 1. The zero-order valence-corrected chi connectivity index (χ0v) is 14.4. The Kier molecular flexibility index (Phi) is 5.03. The molecule has 0 saturated carbocycles. The van der Waals surface area contributed by atoms with Crippen molar-refractivity contribution in [1.82, 2.24) is 0 Å². The number of hydrogen-bond donors (Lipinski definition) is 1. The zero-order chi connectivity index (χ0) is 17.9. The molecule has 132 valence electrons. The number of hydrogen-bond acceptors (Lipinski definition) is 3. The van der Waals surface area contributed by atoms with Gasteiger partial charge in [0.1, 0.15) is 5.82 Å². The van der Waals surface area contributed by atoms with Gasteiger partial charge in [-0.1, -0.05) is 12.1 Å². The summed E-state index contributed by atoms with van der Waals surface area (Å²) in [5.41, 5.74) is 1.98. The minimum Gasteiger partial charge on any atom is -0.326 e. The molecule has 1 aliphatic heterocycles. The van der Waals surface area contributed by atoms with Crippen LogP contribution >= 0.6 is 0 Å². The molecule has 3 rings (SSSR count). The van der Waals surface area contributed by atoms with Crippen LogP contribution < -0.4 is 9.62 Å². The van der Waals surface area contributed by atoms with Gasteiger partial charge in [-0.25, -0.2) is 12.8 Å². The van der Waals surface area contributed by atoms with Gasteiger partial charge >= 0.3 is 0 Å². The number of benzene rings is 2. The van der Waals surface area contributed by atoms with E-state index in [9.17, 15) is 17.6 Å². The van der Waals surface area contributed by atoms with Crippen LogP contribution in [0.4, 0.5) is 15.8 Å². The fourth-order valence-electron chi connectivity index (χ4n) is 2.81. The van der Waals surface area contributed by atoms with Gasteiger partial charge in [-0.3, -0.25) is 9.10 Å². The van der Waals surface area contributed by atoms with Gasteiger partial charge in [-0.05, 0) is 54.8 Å². The third-order valence-corrected chi connectivity index (χ3v) is 5.94. The average Bonchev–Trinajstić information content (AvgIpc) is 2.93. The van der Waals surface area contributed by atoms with Gasteiger partial charge in [0.2, 0.25) is 15.9 Å². The average molecular weight is 362 g/mol. The summed E-state index contributed by atoms with van der Waals surface area (Å²) in [5, 5.41) is 2.76. The molecule has 1 saturated heterocycles. The van der Waals surface area contributed by atoms with Crippen LogP contribution in [0, 0.1) is 5.82 Å². The minimum atomic E-state index is -3.20. The number of aryl methyl sites for hydroxylation is 1. The van der Waals surface area contributed by atoms with Crippen molar-refractivity contribution in [3.63, 3.8) is 0 Å². The van der Waals surface area contributed by atoms with Crippen LogP contribution in [0.1, 0.15) is 18.4 Å². The van der Waals surface area contributed by atoms with Crippen LogP contribution in [0.5, 0.6) is 0 Å². The number of anilines is 2. The van der Waals surface area contributed by atoms with E-state index in [1.165, 1.54) is 16.4 Å². The van der Waals surface area contributed by atoms with E-state index in [1.54, 1.807) is 36.4 Å². The maximum absolute atomic E-state index is 13.1. The fraction of sp³-hybridized carbons (Fsp3) is 0.278. The summed E-state index contributed by atoms with van der Waals surface area (Å²) in [6, 6.07) is 12.9. The van der Waals surface area contributed by atoms with Gasteiger partial charge in [0.15, 0.2) is 0 Å². The molecule has 0 atom stereocenters. The SMILES string of the molecule is O=C(CCc1cccc(F)c1)Nc1ccc(N2CCCS2(=O)=O)cc1. The molecule has 0 radical (unpaired) electrons. The number of nitrogens with one attached hydrogen (secondary N) is 1. The van der Waals surface area contributed by atoms with E-state index in [0.717, 1.165) is 5.56 Å². The molecule has 1 N–H and O–H groups in total. The lowest BCUT2D eigenvalue weighted by molar-refractivity contribution is -0.116. The summed E-state index contributed by atoms with van der Waals surface area (Å²) < 4.78 is 38.3. The highest BCUT2D eigenvalue weighted by Gasteiger charge is 2.28. The van der Waals surface area contributed by atoms with Gasteiger partial charge in [0.25, 0.3) is 0 Å². The van der Waals surface area contributed by atoms with Crippen molar-refractivity contribution in [3.8, 4) is 0 Å². The Bertz CT molecular complexity index is 866. The number of carbonyl (C=O) groups is 1. The Morgan fingerprint density at radius 1 is 1.16 bits per heavy atom. The lowest BCUT2D eigenvalue weighted by Crippen LogP contribution is -2.25. The standard InChI is InChI=1S/C18H19FN2O3S/c19-15-4-1-3-14(13-15)5-10-18(22)20-16-6-8-17(9-7-16)21-11-2-12-25(21,23)24/h1,3-4,6-9,13H,2,5,10-12H2,(H,20,22). The van der Waals surface area contributed by atoms with E-state index in [0.29, 0.717) is 30.8 Å². The molecule has 0 aliphatic carbocycles. The van der Waals surface area contributed by atoms with Crippen molar-refractivity contribution in [2.45, 2.75) is 19.3 Å². The topological polar surface area (TPSA) is 66.5 Å². The van der Waals surface area contributed by atoms with E-state index >= 15 is 0 Å². The molecule has 2 aromatic carbocycles. The first kappa shape index (κ1) is 17.4. The lowest BCUT2D eigenvalue weighted by atomic mass is 10.1. The Hall–Kier alpha value is -2.41. The Morgan fingerprint density at radius 3 is 2.56 bits per heavy atom. The summed E-state index contributed by atoms with van der Waals surface area (Å²) in [7, 11) is -3.20. The first-order chi connectivity index (χ1) is 11.9. The molecule has 0 unspecified atom stereocenters. The first-order valence-electron chi connectivity index (χ1n) is 8.09. The van der Waals surface area contributed by atoms with Crippen LogP contribution in [0.3, 0.4) is 0 Å². The van der Waals surface area contributed by atoms with Gasteiger partial charge in [-0.2, -0.15) is 0 Å². The zero-order valence-electron chi connectivity index (χ0n) is 13.6. The maximum Gasteiger partial charge on any atom is 0.235 e. The van der Waals surface area contributed by atoms with Crippen LogP contribution in [-0.2, 0) is 21.2 Å². The van der Waals surface area contributed by atoms with Crippen molar-refractivity contribution in [1.29, 1.82) is 0 Å². The van der Waals surface area contributed by atoms with Crippen molar-refractivity contribution < 1.29 is 17.6 Å². The molecule has 1 heterocycles. The molecule has 25 heavy (non-hydrogen) atoms. The minimum absolute atomic E-state index is 0.172. The summed E-state index contributed by atoms with van der Waals surface area (Å²) >= 11 is 0. The monoisotopic (exact) mass is 362 g/mol.